The van der Waals surface area contributed by atoms with Crippen molar-refractivity contribution in [2.24, 2.45) is 0 Å². The van der Waals surface area contributed by atoms with Crippen LogP contribution in [0.2, 0.25) is 0 Å². The summed E-state index contributed by atoms with van der Waals surface area (Å²) in [5.74, 6) is 0. The molecule has 1 aliphatic rings. The van der Waals surface area contributed by atoms with E-state index in [4.69, 9.17) is 0 Å². The van der Waals surface area contributed by atoms with Gasteiger partial charge in [-0.25, -0.2) is 0 Å². The zero-order valence-corrected chi connectivity index (χ0v) is 15.6. The van der Waals surface area contributed by atoms with Gasteiger partial charge in [0.25, 0.3) is 0 Å². The molecule has 0 atom stereocenters. The molecule has 0 heteroatoms. The van der Waals surface area contributed by atoms with Gasteiger partial charge in [-0.3, -0.25) is 0 Å². The van der Waals surface area contributed by atoms with Gasteiger partial charge < -0.3 is 0 Å². The van der Waals surface area contributed by atoms with Crippen LogP contribution in [0.15, 0.2) is 34.9 Å². The lowest BCUT2D eigenvalue weighted by Crippen LogP contribution is -1.76. The maximum atomic E-state index is 2.24. The minimum absolute atomic E-state index is 1.13. The molecule has 0 bridgehead atoms. The van der Waals surface area contributed by atoms with Crippen LogP contribution in [-0.2, 0) is 0 Å². The zero-order valence-electron chi connectivity index (χ0n) is 15.6. The van der Waals surface area contributed by atoms with E-state index in [9.17, 15) is 0 Å². The van der Waals surface area contributed by atoms with Crippen molar-refractivity contribution in [3.63, 3.8) is 0 Å². The summed E-state index contributed by atoms with van der Waals surface area (Å²) in [7, 11) is 0. The van der Waals surface area contributed by atoms with Gasteiger partial charge in [0.1, 0.15) is 0 Å². The molecule has 0 aliphatic heterocycles. The lowest BCUT2D eigenvalue weighted by atomic mass is 10.1. The topological polar surface area (TPSA) is 0 Å². The molecule has 19 heavy (non-hydrogen) atoms. The van der Waals surface area contributed by atoms with Crippen LogP contribution in [0.5, 0.6) is 0 Å². The Morgan fingerprint density at radius 3 is 1.47 bits per heavy atom. The standard InChI is InChI=1S/C10H14.C3H8.3C2H6/c1-8-4-5-9(2)7-10(3)6-8;1-3-2;3*1-2/h4-6H,7H2,1-3H3;3H2,1-2H3;3*1-2H3. The molecule has 0 saturated heterocycles. The molecule has 0 radical (unpaired) electrons. The Hall–Kier alpha value is -0.780. The average Bonchev–Trinajstić information content (AvgIpc) is 2.58. The second kappa shape index (κ2) is 25.9. The highest BCUT2D eigenvalue weighted by Crippen LogP contribution is 2.16. The van der Waals surface area contributed by atoms with E-state index in [0.717, 1.165) is 6.42 Å². The summed E-state index contributed by atoms with van der Waals surface area (Å²) in [6.45, 7) is 22.7. The van der Waals surface area contributed by atoms with E-state index >= 15 is 0 Å². The predicted octanol–water partition coefficient (Wildman–Crippen LogP) is 7.72. The second-order valence-electron chi connectivity index (χ2n) is 3.80. The van der Waals surface area contributed by atoms with Crippen molar-refractivity contribution in [1.82, 2.24) is 0 Å². The van der Waals surface area contributed by atoms with Crippen LogP contribution in [0.3, 0.4) is 0 Å². The molecule has 0 spiro atoms. The fraction of sp³-hybridized carbons (Fsp3) is 0.684. The van der Waals surface area contributed by atoms with Gasteiger partial charge in [-0.2, -0.15) is 0 Å². The maximum absolute atomic E-state index is 2.24. The highest BCUT2D eigenvalue weighted by atomic mass is 14.0. The number of hydrogen-bond donors (Lipinski definition) is 0. The quantitative estimate of drug-likeness (QED) is 0.422. The molecule has 0 nitrogen and oxygen atoms in total. The molecule has 0 heterocycles. The Morgan fingerprint density at radius 1 is 0.737 bits per heavy atom. The first-order valence-electron chi connectivity index (χ1n) is 8.11. The summed E-state index contributed by atoms with van der Waals surface area (Å²) in [6, 6.07) is 0. The molecule has 1 rings (SSSR count). The molecule has 0 fully saturated rings. The van der Waals surface area contributed by atoms with E-state index in [1.807, 2.05) is 41.5 Å². The second-order valence-corrected chi connectivity index (χ2v) is 3.80. The van der Waals surface area contributed by atoms with Gasteiger partial charge in [-0.1, -0.05) is 96.8 Å². The number of rotatable bonds is 0. The summed E-state index contributed by atoms with van der Waals surface area (Å²) >= 11 is 0. The molecule has 0 aromatic heterocycles. The van der Waals surface area contributed by atoms with Crippen molar-refractivity contribution in [2.45, 2.75) is 89.0 Å². The highest BCUT2D eigenvalue weighted by molar-refractivity contribution is 5.32. The molecule has 0 saturated carbocycles. The van der Waals surface area contributed by atoms with Gasteiger partial charge in [0.15, 0.2) is 0 Å². The molecular formula is C19H40. The van der Waals surface area contributed by atoms with E-state index in [1.54, 1.807) is 0 Å². The fourth-order valence-corrected chi connectivity index (χ4v) is 1.26. The summed E-state index contributed by atoms with van der Waals surface area (Å²) in [5.41, 5.74) is 4.26. The van der Waals surface area contributed by atoms with Crippen LogP contribution < -0.4 is 0 Å². The van der Waals surface area contributed by atoms with Gasteiger partial charge in [-0.05, 0) is 27.2 Å². The van der Waals surface area contributed by atoms with E-state index in [2.05, 4.69) is 52.8 Å². The summed E-state index contributed by atoms with van der Waals surface area (Å²) in [4.78, 5) is 0. The van der Waals surface area contributed by atoms with Gasteiger partial charge in [0.05, 0.1) is 0 Å². The Kier molecular flexibility index (Phi) is 36.5. The van der Waals surface area contributed by atoms with Crippen LogP contribution in [0.4, 0.5) is 0 Å². The van der Waals surface area contributed by atoms with Crippen molar-refractivity contribution in [3.8, 4) is 0 Å². The molecule has 1 aliphatic carbocycles. The molecular weight excluding hydrogens is 228 g/mol. The van der Waals surface area contributed by atoms with Crippen LogP contribution in [-0.4, -0.2) is 0 Å². The normalized spacial score (nSPS) is 11.8. The Labute approximate surface area is 124 Å². The first-order valence-corrected chi connectivity index (χ1v) is 8.11. The predicted molar refractivity (Wildman–Crippen MR) is 95.9 cm³/mol. The summed E-state index contributed by atoms with van der Waals surface area (Å²) in [5, 5.41) is 0. The molecule has 0 amide bonds. The molecule has 0 N–H and O–H groups in total. The van der Waals surface area contributed by atoms with E-state index < -0.39 is 0 Å². The van der Waals surface area contributed by atoms with E-state index in [0.29, 0.717) is 0 Å². The largest absolute Gasteiger partial charge is 0.0693 e. The number of hydrogen-bond acceptors (Lipinski definition) is 0. The Bertz CT molecular complexity index is 226. The molecule has 0 unspecified atom stereocenters. The van der Waals surface area contributed by atoms with E-state index in [1.165, 1.54) is 23.1 Å². The lowest BCUT2D eigenvalue weighted by Gasteiger charge is -1.96. The van der Waals surface area contributed by atoms with E-state index in [-0.39, 0.29) is 0 Å². The minimum atomic E-state index is 1.13. The van der Waals surface area contributed by atoms with Gasteiger partial charge in [0, 0.05) is 0 Å². The van der Waals surface area contributed by atoms with Gasteiger partial charge in [-0.15, -0.1) is 0 Å². The monoisotopic (exact) mass is 268 g/mol. The third-order valence-corrected chi connectivity index (χ3v) is 1.66. The fourth-order valence-electron chi connectivity index (χ4n) is 1.26. The van der Waals surface area contributed by atoms with Gasteiger partial charge >= 0.3 is 0 Å². The van der Waals surface area contributed by atoms with Crippen molar-refractivity contribution in [1.29, 1.82) is 0 Å². The van der Waals surface area contributed by atoms with Crippen LogP contribution in [0.25, 0.3) is 0 Å². The number of allylic oxidation sites excluding steroid dienone is 6. The molecule has 0 aromatic carbocycles. The molecule has 116 valence electrons. The Balaban J connectivity index is -0.000000106. The smallest absolute Gasteiger partial charge is 0.0108 e. The lowest BCUT2D eigenvalue weighted by molar-refractivity contribution is 1.09. The van der Waals surface area contributed by atoms with Crippen molar-refractivity contribution >= 4 is 0 Å². The SMILES string of the molecule is CC.CC.CC.CC1=CC=C(C)CC(C)=C1.CCC. The van der Waals surface area contributed by atoms with Crippen LogP contribution in [0.1, 0.15) is 89.0 Å². The Morgan fingerprint density at radius 2 is 1.11 bits per heavy atom. The third-order valence-electron chi connectivity index (χ3n) is 1.66. The average molecular weight is 269 g/mol. The first-order chi connectivity index (χ1) is 9.10. The maximum Gasteiger partial charge on any atom is -0.0108 e. The van der Waals surface area contributed by atoms with Crippen LogP contribution >= 0.6 is 0 Å². The van der Waals surface area contributed by atoms with Crippen molar-refractivity contribution < 1.29 is 0 Å². The highest BCUT2D eigenvalue weighted by Gasteiger charge is 1.95. The van der Waals surface area contributed by atoms with Crippen molar-refractivity contribution in [2.75, 3.05) is 0 Å². The molecule has 0 aromatic rings. The minimum Gasteiger partial charge on any atom is -0.0693 e. The summed E-state index contributed by atoms with van der Waals surface area (Å²) < 4.78 is 0. The van der Waals surface area contributed by atoms with Gasteiger partial charge in [0.2, 0.25) is 0 Å². The summed E-state index contributed by atoms with van der Waals surface area (Å²) in [6.07, 6.45) is 9.00. The first kappa shape index (κ1) is 26.7. The third kappa shape index (κ3) is 26.7. The van der Waals surface area contributed by atoms with Crippen molar-refractivity contribution in [3.05, 3.63) is 34.9 Å². The zero-order chi connectivity index (χ0) is 16.3. The van der Waals surface area contributed by atoms with Crippen LogP contribution in [0, 0.1) is 0 Å².